The summed E-state index contributed by atoms with van der Waals surface area (Å²) in [5, 5.41) is 0. The van der Waals surface area contributed by atoms with Crippen molar-refractivity contribution < 1.29 is 14.3 Å². The highest BCUT2D eigenvalue weighted by Crippen LogP contribution is 2.31. The van der Waals surface area contributed by atoms with E-state index in [-0.39, 0.29) is 11.2 Å². The Hall–Kier alpha value is -2.62. The summed E-state index contributed by atoms with van der Waals surface area (Å²) in [7, 11) is 0. The fourth-order valence-electron chi connectivity index (χ4n) is 1.93. The van der Waals surface area contributed by atoms with Crippen LogP contribution in [0.3, 0.4) is 0 Å². The van der Waals surface area contributed by atoms with Gasteiger partial charge in [-0.05, 0) is 18.2 Å². The zero-order valence-corrected chi connectivity index (χ0v) is 9.91. The van der Waals surface area contributed by atoms with E-state index in [0.717, 1.165) is 0 Å². The van der Waals surface area contributed by atoms with Gasteiger partial charge in [-0.25, -0.2) is 4.79 Å². The lowest BCUT2D eigenvalue weighted by Crippen LogP contribution is -2.11. The van der Waals surface area contributed by atoms with E-state index in [4.69, 9.17) is 9.47 Å². The van der Waals surface area contributed by atoms with Gasteiger partial charge in [-0.15, -0.1) is 0 Å². The predicted octanol–water partition coefficient (Wildman–Crippen LogP) is 2.29. The number of cyclic esters (lactones) is 1. The number of hydrogen-bond donors (Lipinski definition) is 0. The molecule has 0 aliphatic carbocycles. The number of carbonyl (C=O) groups is 1. The highest BCUT2D eigenvalue weighted by Gasteiger charge is 2.32. The molecule has 0 saturated carbocycles. The van der Waals surface area contributed by atoms with Crippen LogP contribution in [0.15, 0.2) is 59.4 Å². The number of hydrogen-bond acceptors (Lipinski definition) is 4. The van der Waals surface area contributed by atoms with Crippen molar-refractivity contribution in [2.24, 2.45) is 0 Å². The summed E-state index contributed by atoms with van der Waals surface area (Å²) in [6.07, 6.45) is -0.862. The third-order valence-electron chi connectivity index (χ3n) is 2.84. The van der Waals surface area contributed by atoms with Crippen LogP contribution in [0, 0.1) is 0 Å². The molecule has 2 aromatic carbocycles. The summed E-state index contributed by atoms with van der Waals surface area (Å²) < 4.78 is 10.6. The second-order valence-corrected chi connectivity index (χ2v) is 4.08. The minimum atomic E-state index is -0.862. The summed E-state index contributed by atoms with van der Waals surface area (Å²) in [6.45, 7) is 0. The van der Waals surface area contributed by atoms with Crippen LogP contribution in [0.5, 0.6) is 5.75 Å². The molecule has 0 fully saturated rings. The lowest BCUT2D eigenvalue weighted by atomic mass is 10.1. The van der Waals surface area contributed by atoms with Gasteiger partial charge < -0.3 is 9.47 Å². The maximum atomic E-state index is 11.7. The van der Waals surface area contributed by atoms with Crippen LogP contribution in [0.4, 0.5) is 0 Å². The van der Waals surface area contributed by atoms with Gasteiger partial charge in [0.05, 0.1) is 5.56 Å². The molecule has 4 heteroatoms. The van der Waals surface area contributed by atoms with Crippen molar-refractivity contribution >= 4 is 5.97 Å². The third kappa shape index (κ3) is 2.08. The summed E-state index contributed by atoms with van der Waals surface area (Å²) >= 11 is 0. The first-order chi connectivity index (χ1) is 9.25. The predicted molar refractivity (Wildman–Crippen MR) is 67.9 cm³/mol. The fraction of sp³-hybridized carbons (Fsp3) is 0.0667. The lowest BCUT2D eigenvalue weighted by molar-refractivity contribution is -0.0386. The van der Waals surface area contributed by atoms with Crippen molar-refractivity contribution in [1.29, 1.82) is 0 Å². The molecule has 0 amide bonds. The van der Waals surface area contributed by atoms with Gasteiger partial charge in [0.25, 0.3) is 6.29 Å². The number of fused-ring (bicyclic) bond motifs is 1. The normalized spacial score (nSPS) is 16.6. The van der Waals surface area contributed by atoms with E-state index < -0.39 is 12.3 Å². The van der Waals surface area contributed by atoms with Crippen molar-refractivity contribution in [2.75, 3.05) is 0 Å². The average Bonchev–Trinajstić information content (AvgIpc) is 2.59. The molecule has 0 N–H and O–H groups in total. The molecule has 1 unspecified atom stereocenters. The molecule has 1 atom stereocenters. The van der Waals surface area contributed by atoms with E-state index >= 15 is 0 Å². The Bertz CT molecular complexity index is 693. The van der Waals surface area contributed by atoms with Crippen molar-refractivity contribution in [1.82, 2.24) is 0 Å². The van der Waals surface area contributed by atoms with E-state index in [0.29, 0.717) is 11.1 Å². The Labute approximate surface area is 109 Å². The Morgan fingerprint density at radius 1 is 0.895 bits per heavy atom. The van der Waals surface area contributed by atoms with Crippen LogP contribution < -0.4 is 10.2 Å². The van der Waals surface area contributed by atoms with Gasteiger partial charge in [0.2, 0.25) is 5.43 Å². The van der Waals surface area contributed by atoms with Crippen molar-refractivity contribution in [3.63, 3.8) is 0 Å². The first kappa shape index (κ1) is 11.5. The first-order valence-corrected chi connectivity index (χ1v) is 5.81. The Morgan fingerprint density at radius 3 is 2.53 bits per heavy atom. The fourth-order valence-corrected chi connectivity index (χ4v) is 1.93. The van der Waals surface area contributed by atoms with Gasteiger partial charge in [-0.2, -0.15) is 0 Å². The molecule has 1 aliphatic rings. The van der Waals surface area contributed by atoms with Gasteiger partial charge in [-0.3, -0.25) is 4.79 Å². The molecule has 0 spiro atoms. The molecule has 0 bridgehead atoms. The van der Waals surface area contributed by atoms with E-state index in [9.17, 15) is 9.59 Å². The van der Waals surface area contributed by atoms with E-state index in [1.807, 2.05) is 0 Å². The molecule has 0 saturated heterocycles. The van der Waals surface area contributed by atoms with Gasteiger partial charge in [0, 0.05) is 5.56 Å². The molecule has 1 heterocycles. The van der Waals surface area contributed by atoms with Crippen LogP contribution >= 0.6 is 0 Å². The van der Waals surface area contributed by atoms with Gasteiger partial charge >= 0.3 is 5.97 Å². The number of rotatable bonds is 2. The Kier molecular flexibility index (Phi) is 2.76. The molecule has 19 heavy (non-hydrogen) atoms. The molecule has 94 valence electrons. The largest absolute Gasteiger partial charge is 0.446 e. The second-order valence-electron chi connectivity index (χ2n) is 4.08. The average molecular weight is 254 g/mol. The summed E-state index contributed by atoms with van der Waals surface area (Å²) in [6, 6.07) is 15.0. The first-order valence-electron chi connectivity index (χ1n) is 5.81. The van der Waals surface area contributed by atoms with E-state index in [1.54, 1.807) is 48.5 Å². The Balaban J connectivity index is 1.97. The molecule has 4 nitrogen and oxygen atoms in total. The number of carbonyl (C=O) groups excluding carboxylic acids is 1. The highest BCUT2D eigenvalue weighted by atomic mass is 16.7. The van der Waals surface area contributed by atoms with Crippen LogP contribution in [-0.4, -0.2) is 5.97 Å². The maximum absolute atomic E-state index is 11.7. The minimum absolute atomic E-state index is 0.152. The van der Waals surface area contributed by atoms with Crippen LogP contribution in [0.2, 0.25) is 0 Å². The Morgan fingerprint density at radius 2 is 1.63 bits per heavy atom. The minimum Gasteiger partial charge on any atom is -0.446 e. The smallest absolute Gasteiger partial charge is 0.342 e. The van der Waals surface area contributed by atoms with Crippen molar-refractivity contribution in [3.8, 4) is 5.75 Å². The molecule has 0 radical (unpaired) electrons. The molecule has 1 aliphatic heterocycles. The van der Waals surface area contributed by atoms with Crippen molar-refractivity contribution in [2.45, 2.75) is 6.29 Å². The maximum Gasteiger partial charge on any atom is 0.342 e. The standard InChI is InChI=1S/C15H10O4/c16-12-8-2-1-3-9-13(12)18-15-11-7-5-4-6-10(11)14(17)19-15/h1-9,15H. The zero-order valence-electron chi connectivity index (χ0n) is 9.91. The summed E-state index contributed by atoms with van der Waals surface area (Å²) in [5.74, 6) is -0.284. The van der Waals surface area contributed by atoms with Crippen LogP contribution in [0.25, 0.3) is 0 Å². The summed E-state index contributed by atoms with van der Waals surface area (Å²) in [4.78, 5) is 23.4. The monoisotopic (exact) mass is 254 g/mol. The zero-order chi connectivity index (χ0) is 13.2. The quantitative estimate of drug-likeness (QED) is 0.771. The SMILES string of the molecule is O=C1OC(Oc2cccccc2=O)c2ccccc21. The number of esters is 1. The number of benzene rings is 1. The summed E-state index contributed by atoms with van der Waals surface area (Å²) in [5.41, 5.74) is 0.851. The molecule has 2 aromatic rings. The van der Waals surface area contributed by atoms with E-state index in [1.165, 1.54) is 6.07 Å². The molecule has 0 aromatic heterocycles. The van der Waals surface area contributed by atoms with Gasteiger partial charge in [0.1, 0.15) is 0 Å². The van der Waals surface area contributed by atoms with Crippen LogP contribution in [-0.2, 0) is 4.74 Å². The number of ether oxygens (including phenoxy) is 2. The lowest BCUT2D eigenvalue weighted by Gasteiger charge is -2.11. The third-order valence-corrected chi connectivity index (χ3v) is 2.84. The topological polar surface area (TPSA) is 52.6 Å². The highest BCUT2D eigenvalue weighted by molar-refractivity contribution is 5.93. The second kappa shape index (κ2) is 4.57. The van der Waals surface area contributed by atoms with Crippen LogP contribution in [0.1, 0.15) is 22.2 Å². The van der Waals surface area contributed by atoms with E-state index in [2.05, 4.69) is 0 Å². The van der Waals surface area contributed by atoms with Crippen molar-refractivity contribution in [3.05, 3.63) is 75.9 Å². The molecular formula is C15H10O4. The molecule has 3 rings (SSSR count). The van der Waals surface area contributed by atoms with Gasteiger partial charge in [0.15, 0.2) is 5.75 Å². The van der Waals surface area contributed by atoms with Gasteiger partial charge in [-0.1, -0.05) is 36.4 Å². The molecular weight excluding hydrogens is 244 g/mol.